The number of amides is 1. The molecule has 0 saturated carbocycles. The summed E-state index contributed by atoms with van der Waals surface area (Å²) in [7, 11) is 3.19. The van der Waals surface area contributed by atoms with Gasteiger partial charge in [0.1, 0.15) is 17.3 Å². The minimum Gasteiger partial charge on any atom is -0.497 e. The first kappa shape index (κ1) is 18.4. The van der Waals surface area contributed by atoms with Crippen LogP contribution < -0.4 is 29.6 Å². The van der Waals surface area contributed by atoms with Crippen molar-refractivity contribution in [2.75, 3.05) is 31.6 Å². The van der Waals surface area contributed by atoms with Crippen LogP contribution in [-0.4, -0.2) is 31.9 Å². The van der Waals surface area contributed by atoms with Crippen LogP contribution in [0.25, 0.3) is 0 Å². The van der Waals surface area contributed by atoms with E-state index in [-0.39, 0.29) is 12.7 Å². The fourth-order valence-electron chi connectivity index (χ4n) is 2.83. The monoisotopic (exact) mass is 393 g/mol. The summed E-state index contributed by atoms with van der Waals surface area (Å²) < 4.78 is 21.2. The normalized spacial score (nSPS) is 11.7. The third-order valence-electron chi connectivity index (χ3n) is 4.33. The number of aromatic nitrogens is 1. The number of benzene rings is 2. The molecule has 0 radical (unpaired) electrons. The standard InChI is InChI=1S/C21H19N3O5/c1-26-15-5-7-17(27-2)16(10-15)24-20-8-4-14(11-22-20)23-21(25)13-3-6-18-19(9-13)29-12-28-18/h3-11H,12H2,1-2H3,(H,22,24)(H,23,25). The van der Waals surface area contributed by atoms with E-state index in [0.29, 0.717) is 40.1 Å². The number of nitrogens with zero attached hydrogens (tertiary/aromatic N) is 1. The highest BCUT2D eigenvalue weighted by Gasteiger charge is 2.16. The fourth-order valence-corrected chi connectivity index (χ4v) is 2.83. The Kier molecular flexibility index (Phi) is 5.07. The first-order chi connectivity index (χ1) is 14.2. The van der Waals surface area contributed by atoms with Gasteiger partial charge in [-0.3, -0.25) is 4.79 Å². The lowest BCUT2D eigenvalue weighted by Gasteiger charge is -2.12. The molecule has 0 unspecified atom stereocenters. The van der Waals surface area contributed by atoms with E-state index >= 15 is 0 Å². The molecular weight excluding hydrogens is 374 g/mol. The van der Waals surface area contributed by atoms with E-state index in [1.807, 2.05) is 12.1 Å². The predicted octanol–water partition coefficient (Wildman–Crippen LogP) is 3.82. The van der Waals surface area contributed by atoms with Crippen molar-refractivity contribution in [2.45, 2.75) is 0 Å². The Bertz CT molecular complexity index is 1040. The van der Waals surface area contributed by atoms with Gasteiger partial charge in [0.15, 0.2) is 11.5 Å². The summed E-state index contributed by atoms with van der Waals surface area (Å²) in [4.78, 5) is 16.8. The SMILES string of the molecule is COc1ccc(OC)c(Nc2ccc(NC(=O)c3ccc4c(c3)OCO4)cn2)c1. The Morgan fingerprint density at radius 2 is 1.86 bits per heavy atom. The number of hydrogen-bond donors (Lipinski definition) is 2. The number of carbonyl (C=O) groups excluding carboxylic acids is 1. The molecule has 3 aromatic rings. The van der Waals surface area contributed by atoms with E-state index in [1.165, 1.54) is 0 Å². The fraction of sp³-hybridized carbons (Fsp3) is 0.143. The van der Waals surface area contributed by atoms with Crippen molar-refractivity contribution in [3.63, 3.8) is 0 Å². The molecule has 1 aromatic heterocycles. The number of methoxy groups -OCH3 is 2. The summed E-state index contributed by atoms with van der Waals surface area (Å²) in [6, 6.07) is 14.0. The van der Waals surface area contributed by atoms with Gasteiger partial charge in [0.2, 0.25) is 6.79 Å². The van der Waals surface area contributed by atoms with Crippen LogP contribution in [0.3, 0.4) is 0 Å². The molecular formula is C21H19N3O5. The van der Waals surface area contributed by atoms with Crippen LogP contribution in [0.4, 0.5) is 17.2 Å². The zero-order valence-electron chi connectivity index (χ0n) is 15.9. The summed E-state index contributed by atoms with van der Waals surface area (Å²) in [5, 5.41) is 5.99. The average Bonchev–Trinajstić information content (AvgIpc) is 3.23. The molecule has 0 atom stereocenters. The lowest BCUT2D eigenvalue weighted by atomic mass is 10.2. The zero-order valence-corrected chi connectivity index (χ0v) is 15.9. The Balaban J connectivity index is 1.45. The number of hydrogen-bond acceptors (Lipinski definition) is 7. The number of carbonyl (C=O) groups is 1. The summed E-state index contributed by atoms with van der Waals surface area (Å²) in [5.74, 6) is 2.88. The third kappa shape index (κ3) is 4.01. The molecule has 1 aliphatic heterocycles. The molecule has 0 spiro atoms. The van der Waals surface area contributed by atoms with Crippen molar-refractivity contribution in [2.24, 2.45) is 0 Å². The van der Waals surface area contributed by atoms with E-state index in [9.17, 15) is 4.79 Å². The smallest absolute Gasteiger partial charge is 0.255 e. The highest BCUT2D eigenvalue weighted by Crippen LogP contribution is 2.33. The van der Waals surface area contributed by atoms with Gasteiger partial charge in [-0.15, -0.1) is 0 Å². The molecule has 0 bridgehead atoms. The summed E-state index contributed by atoms with van der Waals surface area (Å²) >= 11 is 0. The lowest BCUT2D eigenvalue weighted by molar-refractivity contribution is 0.102. The number of nitrogens with one attached hydrogen (secondary N) is 2. The van der Waals surface area contributed by atoms with Crippen LogP contribution in [0.5, 0.6) is 23.0 Å². The van der Waals surface area contributed by atoms with Gasteiger partial charge in [0, 0.05) is 11.6 Å². The van der Waals surface area contributed by atoms with Crippen molar-refractivity contribution in [3.05, 3.63) is 60.3 Å². The molecule has 2 heterocycles. The second-order valence-corrected chi connectivity index (χ2v) is 6.15. The predicted molar refractivity (Wildman–Crippen MR) is 108 cm³/mol. The van der Waals surface area contributed by atoms with E-state index in [4.69, 9.17) is 18.9 Å². The van der Waals surface area contributed by atoms with Gasteiger partial charge in [-0.05, 0) is 42.5 Å². The molecule has 2 N–H and O–H groups in total. The first-order valence-electron chi connectivity index (χ1n) is 8.82. The van der Waals surface area contributed by atoms with Gasteiger partial charge in [-0.1, -0.05) is 0 Å². The number of fused-ring (bicyclic) bond motifs is 1. The van der Waals surface area contributed by atoms with Crippen molar-refractivity contribution in [1.29, 1.82) is 0 Å². The molecule has 8 nitrogen and oxygen atoms in total. The van der Waals surface area contributed by atoms with Gasteiger partial charge in [-0.25, -0.2) is 4.98 Å². The summed E-state index contributed by atoms with van der Waals surface area (Å²) in [6.07, 6.45) is 1.57. The van der Waals surface area contributed by atoms with Crippen molar-refractivity contribution in [1.82, 2.24) is 4.98 Å². The van der Waals surface area contributed by atoms with Crippen molar-refractivity contribution < 1.29 is 23.7 Å². The maximum absolute atomic E-state index is 12.5. The first-order valence-corrected chi connectivity index (χ1v) is 8.82. The maximum atomic E-state index is 12.5. The maximum Gasteiger partial charge on any atom is 0.255 e. The van der Waals surface area contributed by atoms with Crippen LogP contribution in [-0.2, 0) is 0 Å². The van der Waals surface area contributed by atoms with E-state index in [0.717, 1.165) is 5.69 Å². The number of rotatable bonds is 6. The summed E-state index contributed by atoms with van der Waals surface area (Å²) in [6.45, 7) is 0.164. The Labute approximate surface area is 167 Å². The largest absolute Gasteiger partial charge is 0.497 e. The molecule has 0 saturated heterocycles. The molecule has 29 heavy (non-hydrogen) atoms. The average molecular weight is 393 g/mol. The van der Waals surface area contributed by atoms with Gasteiger partial charge in [0.25, 0.3) is 5.91 Å². The number of ether oxygens (including phenoxy) is 4. The Morgan fingerprint density at radius 1 is 1.00 bits per heavy atom. The third-order valence-corrected chi connectivity index (χ3v) is 4.33. The molecule has 0 fully saturated rings. The van der Waals surface area contributed by atoms with Gasteiger partial charge >= 0.3 is 0 Å². The second-order valence-electron chi connectivity index (χ2n) is 6.15. The molecule has 1 aliphatic rings. The zero-order chi connectivity index (χ0) is 20.2. The van der Waals surface area contributed by atoms with Crippen LogP contribution in [0.15, 0.2) is 54.7 Å². The minimum absolute atomic E-state index is 0.164. The van der Waals surface area contributed by atoms with Crippen molar-refractivity contribution in [3.8, 4) is 23.0 Å². The van der Waals surface area contributed by atoms with Crippen LogP contribution in [0.2, 0.25) is 0 Å². The minimum atomic E-state index is -0.264. The number of pyridine rings is 1. The van der Waals surface area contributed by atoms with Crippen LogP contribution in [0.1, 0.15) is 10.4 Å². The second kappa shape index (κ2) is 7.97. The van der Waals surface area contributed by atoms with Crippen molar-refractivity contribution >= 4 is 23.1 Å². The number of anilines is 3. The van der Waals surface area contributed by atoms with Gasteiger partial charge in [0.05, 0.1) is 31.8 Å². The van der Waals surface area contributed by atoms with Crippen LogP contribution in [0, 0.1) is 0 Å². The molecule has 148 valence electrons. The Morgan fingerprint density at radius 3 is 2.62 bits per heavy atom. The van der Waals surface area contributed by atoms with E-state index < -0.39 is 0 Å². The quantitative estimate of drug-likeness (QED) is 0.658. The van der Waals surface area contributed by atoms with Gasteiger partial charge in [-0.2, -0.15) is 0 Å². The lowest BCUT2D eigenvalue weighted by Crippen LogP contribution is -2.12. The molecule has 8 heteroatoms. The van der Waals surface area contributed by atoms with Gasteiger partial charge < -0.3 is 29.6 Å². The molecule has 4 rings (SSSR count). The molecule has 0 aliphatic carbocycles. The van der Waals surface area contributed by atoms with E-state index in [1.54, 1.807) is 56.8 Å². The summed E-state index contributed by atoms with van der Waals surface area (Å²) in [5.41, 5.74) is 1.75. The van der Waals surface area contributed by atoms with Crippen LogP contribution >= 0.6 is 0 Å². The molecule has 2 aromatic carbocycles. The highest BCUT2D eigenvalue weighted by atomic mass is 16.7. The topological polar surface area (TPSA) is 90.9 Å². The highest BCUT2D eigenvalue weighted by molar-refractivity contribution is 6.04. The van der Waals surface area contributed by atoms with E-state index in [2.05, 4.69) is 15.6 Å². The molecule has 1 amide bonds. The Hall–Kier alpha value is -3.94.